The average Bonchev–Trinajstić information content (AvgIpc) is 2.62. The highest BCUT2D eigenvalue weighted by molar-refractivity contribution is 5.84. The Hall–Kier alpha value is -2.94. The first kappa shape index (κ1) is 15.0. The van der Waals surface area contributed by atoms with Crippen molar-refractivity contribution in [2.24, 2.45) is 0 Å². The molecule has 114 valence electrons. The van der Waals surface area contributed by atoms with Crippen LogP contribution in [0.3, 0.4) is 0 Å². The van der Waals surface area contributed by atoms with Gasteiger partial charge in [0.05, 0.1) is 5.52 Å². The number of phenolic OH excluding ortho intramolecular Hbond substituents is 1. The fourth-order valence-electron chi connectivity index (χ4n) is 2.45. The fraction of sp³-hybridized carbons (Fsp3) is 0.100. The molecule has 23 heavy (non-hydrogen) atoms. The lowest BCUT2D eigenvalue weighted by molar-refractivity contribution is 0.479. The first-order chi connectivity index (χ1) is 11.3. The molecule has 0 aliphatic carbocycles. The molecule has 2 heterocycles. The summed E-state index contributed by atoms with van der Waals surface area (Å²) in [5.41, 5.74) is 2.88. The number of aromatic nitrogens is 2. The highest BCUT2D eigenvalue weighted by atomic mass is 16.3. The summed E-state index contributed by atoms with van der Waals surface area (Å²) in [6, 6.07) is 19.8. The summed E-state index contributed by atoms with van der Waals surface area (Å²) in [4.78, 5) is 8.29. The van der Waals surface area contributed by atoms with E-state index < -0.39 is 0 Å². The highest BCUT2D eigenvalue weighted by Gasteiger charge is 2.01. The van der Waals surface area contributed by atoms with Crippen LogP contribution in [0.5, 0.6) is 5.75 Å². The Morgan fingerprint density at radius 3 is 2.30 bits per heavy atom. The number of hydrogen-bond donors (Lipinski definition) is 1. The quantitative estimate of drug-likeness (QED) is 0.552. The molecule has 0 spiro atoms. The maximum atomic E-state index is 9.62. The predicted molar refractivity (Wildman–Crippen MR) is 94.5 cm³/mol. The molecule has 0 saturated heterocycles. The molecule has 1 N–H and O–H groups in total. The Morgan fingerprint density at radius 1 is 0.826 bits per heavy atom. The average molecular weight is 302 g/mol. The Morgan fingerprint density at radius 2 is 1.52 bits per heavy atom. The number of rotatable bonds is 1. The van der Waals surface area contributed by atoms with Gasteiger partial charge in [-0.2, -0.15) is 0 Å². The number of aromatic hydroxyl groups is 1. The number of benzene rings is 2. The molecule has 0 atom stereocenters. The maximum absolute atomic E-state index is 9.62. The standard InChI is InChI=1S/C11H11NO.C9H7N/c1-2-8-6-9-4-3-5-12-11(9)10(13)7-8;1-2-6-9-8(4-1)5-3-7-10-9/h3-7,13H,2H2,1H3;1-7H. The number of phenols is 1. The molecule has 4 rings (SSSR count). The molecular formula is C20H18N2O. The van der Waals surface area contributed by atoms with Gasteiger partial charge < -0.3 is 5.11 Å². The molecule has 0 fully saturated rings. The van der Waals surface area contributed by atoms with Crippen LogP contribution in [0.1, 0.15) is 12.5 Å². The topological polar surface area (TPSA) is 46.0 Å². The molecule has 0 saturated carbocycles. The third kappa shape index (κ3) is 3.46. The first-order valence-corrected chi connectivity index (χ1v) is 7.64. The van der Waals surface area contributed by atoms with E-state index in [1.54, 1.807) is 12.3 Å². The Labute approximate surface area is 135 Å². The SMILES string of the molecule is CCc1cc(O)c2ncccc2c1.c1ccc2ncccc2c1. The van der Waals surface area contributed by atoms with Gasteiger partial charge in [0, 0.05) is 23.2 Å². The van der Waals surface area contributed by atoms with Gasteiger partial charge >= 0.3 is 0 Å². The van der Waals surface area contributed by atoms with Crippen molar-refractivity contribution in [1.29, 1.82) is 0 Å². The summed E-state index contributed by atoms with van der Waals surface area (Å²) in [6.07, 6.45) is 4.42. The third-order valence-corrected chi connectivity index (χ3v) is 3.67. The van der Waals surface area contributed by atoms with Crippen LogP contribution in [0, 0.1) is 0 Å². The molecule has 0 unspecified atom stereocenters. The van der Waals surface area contributed by atoms with Gasteiger partial charge in [0.1, 0.15) is 11.3 Å². The van der Waals surface area contributed by atoms with Crippen molar-refractivity contribution < 1.29 is 5.11 Å². The van der Waals surface area contributed by atoms with Gasteiger partial charge in [-0.1, -0.05) is 37.3 Å². The highest BCUT2D eigenvalue weighted by Crippen LogP contribution is 2.24. The fourth-order valence-corrected chi connectivity index (χ4v) is 2.45. The zero-order valence-corrected chi connectivity index (χ0v) is 13.0. The van der Waals surface area contributed by atoms with Gasteiger partial charge in [0.15, 0.2) is 0 Å². The van der Waals surface area contributed by atoms with Gasteiger partial charge in [-0.25, -0.2) is 0 Å². The van der Waals surface area contributed by atoms with Crippen LogP contribution >= 0.6 is 0 Å². The lowest BCUT2D eigenvalue weighted by Crippen LogP contribution is -1.83. The predicted octanol–water partition coefficient (Wildman–Crippen LogP) is 4.74. The first-order valence-electron chi connectivity index (χ1n) is 7.64. The van der Waals surface area contributed by atoms with Crippen molar-refractivity contribution in [3.05, 3.63) is 78.6 Å². The van der Waals surface area contributed by atoms with Crippen LogP contribution < -0.4 is 0 Å². The number of nitrogens with zero attached hydrogens (tertiary/aromatic N) is 2. The van der Waals surface area contributed by atoms with Gasteiger partial charge in [0.25, 0.3) is 0 Å². The number of fused-ring (bicyclic) bond motifs is 2. The number of para-hydroxylation sites is 1. The Balaban J connectivity index is 0.000000140. The second-order valence-corrected chi connectivity index (χ2v) is 5.24. The van der Waals surface area contributed by atoms with E-state index in [9.17, 15) is 5.11 Å². The van der Waals surface area contributed by atoms with E-state index >= 15 is 0 Å². The van der Waals surface area contributed by atoms with Gasteiger partial charge in [0.2, 0.25) is 0 Å². The summed E-state index contributed by atoms with van der Waals surface area (Å²) in [7, 11) is 0. The van der Waals surface area contributed by atoms with Crippen LogP contribution in [0.25, 0.3) is 21.8 Å². The van der Waals surface area contributed by atoms with Crippen molar-refractivity contribution in [3.8, 4) is 5.75 Å². The minimum Gasteiger partial charge on any atom is -0.506 e. The molecule has 3 nitrogen and oxygen atoms in total. The maximum Gasteiger partial charge on any atom is 0.142 e. The zero-order valence-electron chi connectivity index (χ0n) is 13.0. The molecule has 0 radical (unpaired) electrons. The third-order valence-electron chi connectivity index (χ3n) is 3.67. The lowest BCUT2D eigenvalue weighted by Gasteiger charge is -2.02. The molecule has 0 amide bonds. The Kier molecular flexibility index (Phi) is 4.48. The molecule has 0 aliphatic heterocycles. The minimum atomic E-state index is 0.273. The monoisotopic (exact) mass is 302 g/mol. The van der Waals surface area contributed by atoms with E-state index in [-0.39, 0.29) is 5.75 Å². The van der Waals surface area contributed by atoms with E-state index in [0.717, 1.165) is 22.9 Å². The second kappa shape index (κ2) is 6.88. The van der Waals surface area contributed by atoms with E-state index in [4.69, 9.17) is 0 Å². The summed E-state index contributed by atoms with van der Waals surface area (Å²) in [5.74, 6) is 0.273. The molecule has 2 aromatic carbocycles. The normalized spacial score (nSPS) is 10.3. The van der Waals surface area contributed by atoms with E-state index in [1.807, 2.05) is 42.6 Å². The largest absolute Gasteiger partial charge is 0.506 e. The minimum absolute atomic E-state index is 0.273. The van der Waals surface area contributed by atoms with Gasteiger partial charge in [-0.3, -0.25) is 9.97 Å². The zero-order chi connectivity index (χ0) is 16.1. The summed E-state index contributed by atoms with van der Waals surface area (Å²) in [6.45, 7) is 2.07. The van der Waals surface area contributed by atoms with Crippen molar-refractivity contribution in [3.63, 3.8) is 0 Å². The molecule has 0 bridgehead atoms. The summed E-state index contributed by atoms with van der Waals surface area (Å²) >= 11 is 0. The van der Waals surface area contributed by atoms with E-state index in [2.05, 4.69) is 35.1 Å². The lowest BCUT2D eigenvalue weighted by atomic mass is 10.1. The van der Waals surface area contributed by atoms with Crippen molar-refractivity contribution in [2.45, 2.75) is 13.3 Å². The molecular weight excluding hydrogens is 284 g/mol. The van der Waals surface area contributed by atoms with Crippen LogP contribution in [0.4, 0.5) is 0 Å². The summed E-state index contributed by atoms with van der Waals surface area (Å²) in [5, 5.41) is 11.8. The number of pyridine rings is 2. The van der Waals surface area contributed by atoms with Crippen LogP contribution in [-0.2, 0) is 6.42 Å². The van der Waals surface area contributed by atoms with Crippen molar-refractivity contribution >= 4 is 21.8 Å². The Bertz CT molecular complexity index is 869. The van der Waals surface area contributed by atoms with Crippen molar-refractivity contribution in [2.75, 3.05) is 0 Å². The van der Waals surface area contributed by atoms with Crippen LogP contribution in [-0.4, -0.2) is 15.1 Å². The smallest absolute Gasteiger partial charge is 0.142 e. The summed E-state index contributed by atoms with van der Waals surface area (Å²) < 4.78 is 0. The van der Waals surface area contributed by atoms with E-state index in [1.165, 1.54) is 5.39 Å². The molecule has 4 aromatic rings. The molecule has 0 aliphatic rings. The van der Waals surface area contributed by atoms with Gasteiger partial charge in [-0.05, 0) is 42.3 Å². The van der Waals surface area contributed by atoms with Crippen molar-refractivity contribution in [1.82, 2.24) is 9.97 Å². The van der Waals surface area contributed by atoms with Crippen LogP contribution in [0.2, 0.25) is 0 Å². The second-order valence-electron chi connectivity index (χ2n) is 5.24. The number of aryl methyl sites for hydroxylation is 1. The number of hydrogen-bond acceptors (Lipinski definition) is 3. The molecule has 3 heteroatoms. The molecule has 2 aromatic heterocycles. The van der Waals surface area contributed by atoms with Crippen LogP contribution in [0.15, 0.2) is 73.1 Å². The van der Waals surface area contributed by atoms with Gasteiger partial charge in [-0.15, -0.1) is 0 Å². The van der Waals surface area contributed by atoms with E-state index in [0.29, 0.717) is 5.52 Å².